The maximum Gasteiger partial charge on any atom is 0.338 e. The number of methoxy groups -OCH3 is 2. The number of esters is 2. The summed E-state index contributed by atoms with van der Waals surface area (Å²) >= 11 is 0. The molecule has 132 valence electrons. The van der Waals surface area contributed by atoms with Crippen LogP contribution in [0.1, 0.15) is 39.5 Å². The molecule has 0 aromatic rings. The van der Waals surface area contributed by atoms with Gasteiger partial charge in [-0.3, -0.25) is 4.79 Å². The van der Waals surface area contributed by atoms with Crippen molar-refractivity contribution in [2.24, 2.45) is 5.41 Å². The van der Waals surface area contributed by atoms with E-state index in [9.17, 15) is 14.4 Å². The minimum atomic E-state index is -0.694. The van der Waals surface area contributed by atoms with Crippen LogP contribution in [0, 0.1) is 5.41 Å². The molecule has 0 unspecified atom stereocenters. The van der Waals surface area contributed by atoms with Crippen LogP contribution in [-0.2, 0) is 23.9 Å². The van der Waals surface area contributed by atoms with Crippen molar-refractivity contribution in [3.05, 3.63) is 22.9 Å². The number of allylic oxidation sites excluding steroid dienone is 1. The molecule has 6 heteroatoms. The maximum absolute atomic E-state index is 12.8. The lowest BCUT2D eigenvalue weighted by atomic mass is 9.74. The van der Waals surface area contributed by atoms with Crippen molar-refractivity contribution in [1.29, 1.82) is 0 Å². The van der Waals surface area contributed by atoms with Crippen LogP contribution >= 0.6 is 0 Å². The quantitative estimate of drug-likeness (QED) is 0.578. The summed E-state index contributed by atoms with van der Waals surface area (Å²) in [5.74, 6) is -1.50. The SMILES string of the molecule is COC(=O)C=C(C(=O)OC)C1=C(N2CCCC2)CC(C)(C)CC1=O. The van der Waals surface area contributed by atoms with E-state index < -0.39 is 11.9 Å². The first-order chi connectivity index (χ1) is 11.3. The van der Waals surface area contributed by atoms with Crippen LogP contribution in [0.2, 0.25) is 0 Å². The van der Waals surface area contributed by atoms with E-state index in [1.807, 2.05) is 13.8 Å². The highest BCUT2D eigenvalue weighted by atomic mass is 16.5. The van der Waals surface area contributed by atoms with Gasteiger partial charge in [0, 0.05) is 31.3 Å². The van der Waals surface area contributed by atoms with Crippen LogP contribution in [-0.4, -0.2) is 49.9 Å². The van der Waals surface area contributed by atoms with Gasteiger partial charge in [0.1, 0.15) is 0 Å². The van der Waals surface area contributed by atoms with E-state index in [2.05, 4.69) is 9.64 Å². The van der Waals surface area contributed by atoms with Gasteiger partial charge < -0.3 is 14.4 Å². The first-order valence-electron chi connectivity index (χ1n) is 8.18. The van der Waals surface area contributed by atoms with Crippen LogP contribution in [0.3, 0.4) is 0 Å². The third kappa shape index (κ3) is 3.86. The summed E-state index contributed by atoms with van der Waals surface area (Å²) in [6, 6.07) is 0. The fraction of sp³-hybridized carbons (Fsp3) is 0.611. The van der Waals surface area contributed by atoms with Crippen molar-refractivity contribution < 1.29 is 23.9 Å². The normalized spacial score (nSPS) is 21.1. The van der Waals surface area contributed by atoms with E-state index in [1.54, 1.807) is 0 Å². The Bertz CT molecular complexity index is 609. The lowest BCUT2D eigenvalue weighted by molar-refractivity contribution is -0.138. The number of hydrogen-bond acceptors (Lipinski definition) is 6. The predicted molar refractivity (Wildman–Crippen MR) is 88.0 cm³/mol. The average molecular weight is 335 g/mol. The van der Waals surface area contributed by atoms with Crippen molar-refractivity contribution in [3.63, 3.8) is 0 Å². The Morgan fingerprint density at radius 1 is 1.08 bits per heavy atom. The molecule has 1 heterocycles. The molecular formula is C18H25NO5. The molecule has 0 bridgehead atoms. The van der Waals surface area contributed by atoms with Crippen molar-refractivity contribution >= 4 is 17.7 Å². The van der Waals surface area contributed by atoms with Crippen LogP contribution < -0.4 is 0 Å². The molecule has 0 saturated carbocycles. The molecule has 6 nitrogen and oxygen atoms in total. The van der Waals surface area contributed by atoms with Gasteiger partial charge in [-0.1, -0.05) is 13.8 Å². The van der Waals surface area contributed by atoms with Crippen LogP contribution in [0.4, 0.5) is 0 Å². The second-order valence-corrected chi connectivity index (χ2v) is 7.03. The first kappa shape index (κ1) is 18.2. The zero-order valence-corrected chi connectivity index (χ0v) is 14.8. The van der Waals surface area contributed by atoms with Gasteiger partial charge in [0.2, 0.25) is 0 Å². The highest BCUT2D eigenvalue weighted by Crippen LogP contribution is 2.41. The Morgan fingerprint density at radius 2 is 1.71 bits per heavy atom. The summed E-state index contributed by atoms with van der Waals surface area (Å²) in [6.07, 6.45) is 4.19. The number of ether oxygens (including phenoxy) is 2. The van der Waals surface area contributed by atoms with Crippen molar-refractivity contribution in [1.82, 2.24) is 4.90 Å². The Hall–Kier alpha value is -2.11. The lowest BCUT2D eigenvalue weighted by Gasteiger charge is -2.36. The highest BCUT2D eigenvalue weighted by Gasteiger charge is 2.39. The summed E-state index contributed by atoms with van der Waals surface area (Å²) in [4.78, 5) is 38.9. The molecule has 1 fully saturated rings. The Morgan fingerprint density at radius 3 is 2.25 bits per heavy atom. The molecule has 0 amide bonds. The third-order valence-corrected chi connectivity index (χ3v) is 4.48. The van der Waals surface area contributed by atoms with Gasteiger partial charge in [-0.25, -0.2) is 9.59 Å². The van der Waals surface area contributed by atoms with E-state index in [1.165, 1.54) is 14.2 Å². The smallest absolute Gasteiger partial charge is 0.338 e. The first-order valence-corrected chi connectivity index (χ1v) is 8.18. The van der Waals surface area contributed by atoms with Gasteiger partial charge in [0.05, 0.1) is 25.4 Å². The number of nitrogens with zero attached hydrogens (tertiary/aromatic N) is 1. The third-order valence-electron chi connectivity index (χ3n) is 4.48. The maximum atomic E-state index is 12.8. The number of carbonyl (C=O) groups excluding carboxylic acids is 3. The van der Waals surface area contributed by atoms with Crippen molar-refractivity contribution in [3.8, 4) is 0 Å². The second-order valence-electron chi connectivity index (χ2n) is 7.03. The molecule has 0 atom stereocenters. The minimum absolute atomic E-state index is 0.00764. The largest absolute Gasteiger partial charge is 0.466 e. The van der Waals surface area contributed by atoms with Gasteiger partial charge in [-0.15, -0.1) is 0 Å². The highest BCUT2D eigenvalue weighted by molar-refractivity contribution is 6.13. The number of rotatable bonds is 4. The zero-order valence-electron chi connectivity index (χ0n) is 14.8. The number of ketones is 1. The number of likely N-dealkylation sites (tertiary alicyclic amines) is 1. The molecule has 0 aromatic heterocycles. The summed E-state index contributed by atoms with van der Waals surface area (Å²) in [7, 11) is 2.47. The zero-order chi connectivity index (χ0) is 17.9. The van der Waals surface area contributed by atoms with E-state index in [4.69, 9.17) is 4.74 Å². The standard InChI is InChI=1S/C18H25NO5/c1-18(2)10-13(19-7-5-6-8-19)16(14(20)11-18)12(17(22)24-4)9-15(21)23-3/h9H,5-8,10-11H2,1-4H3. The fourth-order valence-electron chi connectivity index (χ4n) is 3.37. The molecule has 1 aliphatic carbocycles. The van der Waals surface area contributed by atoms with E-state index in [0.717, 1.165) is 37.7 Å². The second kappa shape index (κ2) is 7.20. The molecule has 24 heavy (non-hydrogen) atoms. The Balaban J connectivity index is 2.60. The summed E-state index contributed by atoms with van der Waals surface area (Å²) in [6.45, 7) is 5.79. The number of hydrogen-bond donors (Lipinski definition) is 0. The van der Waals surface area contributed by atoms with Gasteiger partial charge in [0.25, 0.3) is 0 Å². The Kier molecular flexibility index (Phi) is 5.47. The van der Waals surface area contributed by atoms with Crippen molar-refractivity contribution in [2.45, 2.75) is 39.5 Å². The monoisotopic (exact) mass is 335 g/mol. The van der Waals surface area contributed by atoms with Crippen molar-refractivity contribution in [2.75, 3.05) is 27.3 Å². The van der Waals surface area contributed by atoms with E-state index in [0.29, 0.717) is 18.4 Å². The lowest BCUT2D eigenvalue weighted by Crippen LogP contribution is -2.35. The molecule has 0 N–H and O–H groups in total. The van der Waals surface area contributed by atoms with Crippen LogP contribution in [0.15, 0.2) is 22.9 Å². The summed E-state index contributed by atoms with van der Waals surface area (Å²) < 4.78 is 9.43. The molecule has 0 spiro atoms. The summed E-state index contributed by atoms with van der Waals surface area (Å²) in [5.41, 5.74) is 0.972. The average Bonchev–Trinajstić information content (AvgIpc) is 3.05. The topological polar surface area (TPSA) is 72.9 Å². The Labute approximate surface area is 142 Å². The molecule has 2 rings (SSSR count). The number of Topliss-reactive ketones (excluding diaryl/α,β-unsaturated/α-hetero) is 1. The molecule has 2 aliphatic rings. The van der Waals surface area contributed by atoms with E-state index in [-0.39, 0.29) is 16.8 Å². The number of carbonyl (C=O) groups is 3. The fourth-order valence-corrected chi connectivity index (χ4v) is 3.37. The summed E-state index contributed by atoms with van der Waals surface area (Å²) in [5, 5.41) is 0. The predicted octanol–water partition coefficient (Wildman–Crippen LogP) is 2.00. The van der Waals surface area contributed by atoms with Gasteiger partial charge in [-0.05, 0) is 24.7 Å². The molecular weight excluding hydrogens is 310 g/mol. The van der Waals surface area contributed by atoms with Gasteiger partial charge in [-0.2, -0.15) is 0 Å². The molecule has 1 saturated heterocycles. The van der Waals surface area contributed by atoms with Gasteiger partial charge in [0.15, 0.2) is 5.78 Å². The molecule has 1 aliphatic heterocycles. The minimum Gasteiger partial charge on any atom is -0.466 e. The van der Waals surface area contributed by atoms with Gasteiger partial charge >= 0.3 is 11.9 Å². The molecule has 0 radical (unpaired) electrons. The molecule has 0 aromatic carbocycles. The van der Waals surface area contributed by atoms with Crippen LogP contribution in [0.5, 0.6) is 0 Å². The van der Waals surface area contributed by atoms with E-state index >= 15 is 0 Å². The van der Waals surface area contributed by atoms with Crippen LogP contribution in [0.25, 0.3) is 0 Å².